The lowest BCUT2D eigenvalue weighted by Gasteiger charge is -2.25. The minimum Gasteiger partial charge on any atom is -0.324 e. The first-order chi connectivity index (χ1) is 19.3. The molecular weight excluding hydrogens is 517 g/mol. The van der Waals surface area contributed by atoms with Gasteiger partial charge in [0.1, 0.15) is 5.69 Å². The van der Waals surface area contributed by atoms with E-state index in [4.69, 9.17) is 0 Å². The third kappa shape index (κ3) is 5.49. The third-order valence-corrected chi connectivity index (χ3v) is 7.74. The fourth-order valence-electron chi connectivity index (χ4n) is 5.65. The van der Waals surface area contributed by atoms with E-state index in [-0.39, 0.29) is 23.1 Å². The van der Waals surface area contributed by atoms with Gasteiger partial charge in [-0.3, -0.25) is 9.78 Å². The molecule has 206 valence electrons. The van der Waals surface area contributed by atoms with Crippen LogP contribution in [0.1, 0.15) is 58.7 Å². The summed E-state index contributed by atoms with van der Waals surface area (Å²) in [7, 11) is 0. The molecule has 1 fully saturated rings. The molecule has 1 N–H and O–H groups in total. The van der Waals surface area contributed by atoms with Crippen LogP contribution in [-0.4, -0.2) is 49.6 Å². The predicted octanol–water partition coefficient (Wildman–Crippen LogP) is 6.00. The van der Waals surface area contributed by atoms with Crippen LogP contribution in [0.15, 0.2) is 66.9 Å². The summed E-state index contributed by atoms with van der Waals surface area (Å²) < 4.78 is 41.9. The van der Waals surface area contributed by atoms with Crippen LogP contribution in [0.2, 0.25) is 0 Å². The van der Waals surface area contributed by atoms with Crippen molar-refractivity contribution in [1.29, 1.82) is 0 Å². The first kappa shape index (κ1) is 26.2. The van der Waals surface area contributed by atoms with Crippen molar-refractivity contribution in [2.45, 2.75) is 50.7 Å². The van der Waals surface area contributed by atoms with E-state index in [1.807, 2.05) is 12.1 Å². The van der Waals surface area contributed by atoms with Gasteiger partial charge >= 0.3 is 6.18 Å². The summed E-state index contributed by atoms with van der Waals surface area (Å²) in [6, 6.07) is 18.2. The normalized spacial score (nSPS) is 17.8. The molecule has 0 saturated carbocycles. The largest absolute Gasteiger partial charge is 0.453 e. The van der Waals surface area contributed by atoms with Crippen molar-refractivity contribution >= 4 is 17.4 Å². The summed E-state index contributed by atoms with van der Waals surface area (Å²) in [5, 5.41) is 6.77. The number of fused-ring (bicyclic) bond motifs is 1. The molecule has 10 heteroatoms. The summed E-state index contributed by atoms with van der Waals surface area (Å²) in [6.45, 7) is 2.34. The van der Waals surface area contributed by atoms with Crippen molar-refractivity contribution in [2.75, 3.05) is 18.4 Å². The number of halogens is 3. The van der Waals surface area contributed by atoms with E-state index < -0.39 is 12.0 Å². The van der Waals surface area contributed by atoms with Crippen LogP contribution < -0.4 is 5.32 Å². The molecule has 6 rings (SSSR count). The fraction of sp³-hybridized carbons (Fsp3) is 0.333. The highest BCUT2D eigenvalue weighted by Gasteiger charge is 2.37. The second-order valence-electron chi connectivity index (χ2n) is 10.3. The molecule has 7 nitrogen and oxygen atoms in total. The van der Waals surface area contributed by atoms with Crippen LogP contribution in [0.3, 0.4) is 0 Å². The van der Waals surface area contributed by atoms with Crippen LogP contribution in [0.25, 0.3) is 5.69 Å². The van der Waals surface area contributed by atoms with Gasteiger partial charge in [-0.15, -0.1) is 5.10 Å². The Hall–Kier alpha value is -4.05. The van der Waals surface area contributed by atoms with E-state index in [0.29, 0.717) is 17.3 Å². The lowest BCUT2D eigenvalue weighted by Crippen LogP contribution is -2.32. The molecule has 0 spiro atoms. The van der Waals surface area contributed by atoms with Crippen molar-refractivity contribution in [1.82, 2.24) is 24.6 Å². The second kappa shape index (κ2) is 10.8. The molecule has 0 radical (unpaired) electrons. The Morgan fingerprint density at radius 1 is 0.925 bits per heavy atom. The van der Waals surface area contributed by atoms with Gasteiger partial charge in [-0.2, -0.15) is 22.8 Å². The number of benzene rings is 2. The zero-order chi connectivity index (χ0) is 27.7. The van der Waals surface area contributed by atoms with Crippen LogP contribution in [0.4, 0.5) is 24.8 Å². The van der Waals surface area contributed by atoms with Gasteiger partial charge < -0.3 is 10.2 Å². The molecule has 0 amide bonds. The van der Waals surface area contributed by atoms with Crippen LogP contribution in [0, 0.1) is 0 Å². The van der Waals surface area contributed by atoms with E-state index in [1.165, 1.54) is 55.4 Å². The molecule has 1 aliphatic heterocycles. The number of carbonyl (C=O) groups is 1. The van der Waals surface area contributed by atoms with Gasteiger partial charge in [-0.05, 0) is 87.0 Å². The number of carbonyl (C=O) groups excluding carboxylic acids is 1. The zero-order valence-electron chi connectivity index (χ0n) is 21.9. The van der Waals surface area contributed by atoms with Gasteiger partial charge in [-0.1, -0.05) is 36.4 Å². The molecule has 3 heterocycles. The van der Waals surface area contributed by atoms with Crippen molar-refractivity contribution in [2.24, 2.45) is 0 Å². The number of anilines is 2. The smallest absolute Gasteiger partial charge is 0.324 e. The van der Waals surface area contributed by atoms with Gasteiger partial charge in [0, 0.05) is 17.3 Å². The number of ketones is 1. The van der Waals surface area contributed by atoms with E-state index in [9.17, 15) is 18.0 Å². The average molecular weight is 547 g/mol. The molecule has 4 aromatic rings. The average Bonchev–Trinajstić information content (AvgIpc) is 3.60. The number of nitrogens with one attached hydrogen (secondary N) is 1. The Bertz CT molecular complexity index is 1490. The maximum atomic E-state index is 13.6. The minimum absolute atomic E-state index is 0.0835. The van der Waals surface area contributed by atoms with Crippen LogP contribution in [-0.2, 0) is 19.0 Å². The number of hydrogen-bond donors (Lipinski definition) is 1. The Morgan fingerprint density at radius 2 is 1.68 bits per heavy atom. The first-order valence-corrected chi connectivity index (χ1v) is 13.6. The first-order valence-electron chi connectivity index (χ1n) is 13.6. The number of hydrogen-bond acceptors (Lipinski definition) is 6. The van der Waals surface area contributed by atoms with E-state index in [1.54, 1.807) is 30.3 Å². The number of aromatic nitrogens is 4. The molecule has 0 bridgehead atoms. The maximum Gasteiger partial charge on any atom is 0.453 e. The molecule has 2 aromatic heterocycles. The lowest BCUT2D eigenvalue weighted by molar-refractivity contribution is -0.144. The van der Waals surface area contributed by atoms with E-state index in [0.717, 1.165) is 30.4 Å². The Morgan fingerprint density at radius 3 is 2.38 bits per heavy atom. The maximum absolute atomic E-state index is 13.6. The standard InChI is InChI=1S/C30H29F3N6O/c31-30(32,33)28-36-29(39(37-28)25-14-15-26(34-19-25)27(40)21-6-2-1-3-7-21)35-23-11-8-20-9-12-24(13-10-22(20)18-23)38-16-4-5-17-38/h1-3,6-8,11,14-15,18-19,24H,4-5,9-10,12-13,16-17H2,(H,35,36,37). The topological polar surface area (TPSA) is 75.9 Å². The quantitative estimate of drug-likeness (QED) is 0.236. The monoisotopic (exact) mass is 546 g/mol. The highest BCUT2D eigenvalue weighted by Crippen LogP contribution is 2.31. The molecule has 1 unspecified atom stereocenters. The van der Waals surface area contributed by atoms with Crippen LogP contribution in [0.5, 0.6) is 0 Å². The predicted molar refractivity (Wildman–Crippen MR) is 145 cm³/mol. The van der Waals surface area contributed by atoms with Gasteiger partial charge in [0.2, 0.25) is 11.7 Å². The second-order valence-corrected chi connectivity index (χ2v) is 10.3. The summed E-state index contributed by atoms with van der Waals surface area (Å²) >= 11 is 0. The molecule has 40 heavy (non-hydrogen) atoms. The van der Waals surface area contributed by atoms with E-state index in [2.05, 4.69) is 31.3 Å². The van der Waals surface area contributed by atoms with Gasteiger partial charge in [-0.25, -0.2) is 0 Å². The van der Waals surface area contributed by atoms with E-state index >= 15 is 0 Å². The number of aryl methyl sites for hydroxylation is 2. The molecule has 1 atom stereocenters. The number of likely N-dealkylation sites (tertiary alicyclic amines) is 1. The Balaban J connectivity index is 1.25. The Labute approximate surface area is 230 Å². The Kier molecular flexibility index (Phi) is 7.10. The molecular formula is C30H29F3N6O. The molecule has 2 aromatic carbocycles. The third-order valence-electron chi connectivity index (χ3n) is 7.74. The van der Waals surface area contributed by atoms with Gasteiger partial charge in [0.05, 0.1) is 11.9 Å². The fourth-order valence-corrected chi connectivity index (χ4v) is 5.65. The lowest BCUT2D eigenvalue weighted by atomic mass is 10.0. The molecule has 1 aliphatic carbocycles. The number of nitrogens with zero attached hydrogens (tertiary/aromatic N) is 5. The zero-order valence-corrected chi connectivity index (χ0v) is 21.9. The number of pyridine rings is 1. The van der Waals surface area contributed by atoms with Crippen molar-refractivity contribution in [3.63, 3.8) is 0 Å². The summed E-state index contributed by atoms with van der Waals surface area (Å²) in [6.07, 6.45) is 3.24. The van der Waals surface area contributed by atoms with Gasteiger partial charge in [0.15, 0.2) is 0 Å². The number of alkyl halides is 3. The summed E-state index contributed by atoms with van der Waals surface area (Å²) in [4.78, 5) is 23.3. The summed E-state index contributed by atoms with van der Waals surface area (Å²) in [5.74, 6) is -1.63. The summed E-state index contributed by atoms with van der Waals surface area (Å²) in [5.41, 5.74) is 4.04. The minimum atomic E-state index is -4.73. The SMILES string of the molecule is O=C(c1ccccc1)c1ccc(-n2nc(C(F)(F)F)nc2Nc2ccc3c(c2)CCC(N2CCCC2)CC3)cn1. The van der Waals surface area contributed by atoms with Crippen molar-refractivity contribution in [3.8, 4) is 5.69 Å². The molecule has 2 aliphatic rings. The van der Waals surface area contributed by atoms with Crippen molar-refractivity contribution in [3.05, 3.63) is 95.1 Å². The van der Waals surface area contributed by atoms with Gasteiger partial charge in [0.25, 0.3) is 5.82 Å². The highest BCUT2D eigenvalue weighted by atomic mass is 19.4. The highest BCUT2D eigenvalue weighted by molar-refractivity contribution is 6.07. The molecule has 1 saturated heterocycles. The van der Waals surface area contributed by atoms with Crippen molar-refractivity contribution < 1.29 is 18.0 Å². The number of rotatable bonds is 6. The van der Waals surface area contributed by atoms with Crippen LogP contribution >= 0.6 is 0 Å².